The molecule has 0 unspecified atom stereocenters. The maximum Gasteiger partial charge on any atom is 0.276 e. The summed E-state index contributed by atoms with van der Waals surface area (Å²) in [5, 5.41) is 3.86. The van der Waals surface area contributed by atoms with Crippen LogP contribution in [0.5, 0.6) is 0 Å². The number of hydrogen-bond donors (Lipinski definition) is 0. The Morgan fingerprint density at radius 1 is 1.35 bits per heavy atom. The molecule has 0 aliphatic carbocycles. The normalized spacial score (nSPS) is 24.6. The summed E-state index contributed by atoms with van der Waals surface area (Å²) in [7, 11) is 0. The van der Waals surface area contributed by atoms with Crippen molar-refractivity contribution in [2.45, 2.75) is 45.2 Å². The van der Waals surface area contributed by atoms with Crippen molar-refractivity contribution in [3.05, 3.63) is 47.6 Å². The molecule has 0 bridgehead atoms. The third-order valence-electron chi connectivity index (χ3n) is 5.66. The van der Waals surface area contributed by atoms with Crippen LogP contribution in [0.1, 0.15) is 42.9 Å². The van der Waals surface area contributed by atoms with Gasteiger partial charge in [0.05, 0.1) is 0 Å². The molecule has 1 aromatic carbocycles. The van der Waals surface area contributed by atoms with Gasteiger partial charge in [0.2, 0.25) is 0 Å². The third-order valence-corrected chi connectivity index (χ3v) is 5.66. The molecule has 0 N–H and O–H groups in total. The number of fused-ring (bicyclic) bond motifs is 1. The molecule has 2 aliphatic rings. The number of anilines is 1. The lowest BCUT2D eigenvalue weighted by molar-refractivity contribution is 0.0657. The Kier molecular flexibility index (Phi) is 4.01. The number of piperidine rings is 1. The minimum absolute atomic E-state index is 0.0673. The largest absolute Gasteiger partial charge is 0.363 e. The zero-order valence-corrected chi connectivity index (χ0v) is 15.4. The highest BCUT2D eigenvalue weighted by Crippen LogP contribution is 2.44. The Hall–Kier alpha value is -2.37. The minimum atomic E-state index is -0.212. The van der Waals surface area contributed by atoms with Crippen LogP contribution in [0, 0.1) is 18.7 Å². The van der Waals surface area contributed by atoms with Gasteiger partial charge in [0.15, 0.2) is 5.69 Å². The fraction of sp³-hybridized carbons (Fsp3) is 0.500. The van der Waals surface area contributed by atoms with Crippen LogP contribution >= 0.6 is 0 Å². The molecule has 5 nitrogen and oxygen atoms in total. The van der Waals surface area contributed by atoms with Gasteiger partial charge in [0, 0.05) is 36.4 Å². The summed E-state index contributed by atoms with van der Waals surface area (Å²) in [4.78, 5) is 16.9. The molecule has 2 saturated heterocycles. The Morgan fingerprint density at radius 2 is 2.15 bits per heavy atom. The summed E-state index contributed by atoms with van der Waals surface area (Å²) < 4.78 is 18.8. The Balaban J connectivity index is 1.55. The lowest BCUT2D eigenvalue weighted by Crippen LogP contribution is -2.50. The van der Waals surface area contributed by atoms with Gasteiger partial charge in [-0.05, 0) is 57.7 Å². The molecule has 0 spiro atoms. The first-order valence-corrected chi connectivity index (χ1v) is 9.13. The number of aromatic nitrogens is 1. The number of halogens is 1. The van der Waals surface area contributed by atoms with Gasteiger partial charge in [-0.2, -0.15) is 0 Å². The molecule has 1 amide bonds. The van der Waals surface area contributed by atoms with Crippen LogP contribution in [0.25, 0.3) is 0 Å². The molecule has 138 valence electrons. The number of rotatable bonds is 2. The van der Waals surface area contributed by atoms with E-state index >= 15 is 0 Å². The van der Waals surface area contributed by atoms with Crippen LogP contribution in [0.3, 0.4) is 0 Å². The second-order valence-corrected chi connectivity index (χ2v) is 8.06. The third kappa shape index (κ3) is 2.87. The lowest BCUT2D eigenvalue weighted by atomic mass is 9.89. The molecule has 2 atom stereocenters. The van der Waals surface area contributed by atoms with Gasteiger partial charge in [-0.25, -0.2) is 4.39 Å². The van der Waals surface area contributed by atoms with Crippen molar-refractivity contribution in [3.8, 4) is 0 Å². The van der Waals surface area contributed by atoms with Gasteiger partial charge in [-0.15, -0.1) is 0 Å². The summed E-state index contributed by atoms with van der Waals surface area (Å²) in [5.41, 5.74) is 1.22. The first-order valence-electron chi connectivity index (χ1n) is 9.13. The van der Waals surface area contributed by atoms with E-state index in [0.717, 1.165) is 18.5 Å². The number of aryl methyl sites for hydroxylation is 1. The smallest absolute Gasteiger partial charge is 0.276 e. The van der Waals surface area contributed by atoms with E-state index in [-0.39, 0.29) is 17.3 Å². The molecule has 0 saturated carbocycles. The van der Waals surface area contributed by atoms with Crippen molar-refractivity contribution < 1.29 is 13.7 Å². The van der Waals surface area contributed by atoms with Gasteiger partial charge in [0.1, 0.15) is 11.6 Å². The zero-order chi connectivity index (χ0) is 18.5. The van der Waals surface area contributed by atoms with Gasteiger partial charge in [0.25, 0.3) is 5.91 Å². The van der Waals surface area contributed by atoms with Crippen LogP contribution in [-0.4, -0.2) is 40.6 Å². The van der Waals surface area contributed by atoms with Gasteiger partial charge in [-0.3, -0.25) is 4.79 Å². The molecule has 2 fully saturated rings. The molecule has 26 heavy (non-hydrogen) atoms. The number of benzene rings is 1. The van der Waals surface area contributed by atoms with E-state index < -0.39 is 0 Å². The molecule has 0 radical (unpaired) electrons. The monoisotopic (exact) mass is 357 g/mol. The lowest BCUT2D eigenvalue weighted by Gasteiger charge is -2.41. The number of carbonyl (C=O) groups is 1. The Bertz CT molecular complexity index is 832. The van der Waals surface area contributed by atoms with Crippen LogP contribution in [0.2, 0.25) is 0 Å². The summed E-state index contributed by atoms with van der Waals surface area (Å²) in [5.74, 6) is 0.722. The van der Waals surface area contributed by atoms with Crippen molar-refractivity contribution in [1.82, 2.24) is 10.1 Å². The first kappa shape index (κ1) is 17.1. The fourth-order valence-corrected chi connectivity index (χ4v) is 4.73. The molecule has 6 heteroatoms. The van der Waals surface area contributed by atoms with E-state index in [1.165, 1.54) is 6.07 Å². The minimum Gasteiger partial charge on any atom is -0.363 e. The zero-order valence-electron chi connectivity index (χ0n) is 15.4. The van der Waals surface area contributed by atoms with Gasteiger partial charge in [-0.1, -0.05) is 11.2 Å². The molecule has 2 aliphatic heterocycles. The standard InChI is InChI=1S/C20H24FN3O2/c1-13-9-17(22-26-13)19(25)23-8-7-18-14(12-23)11-20(2,3)24(18)16-6-4-5-15(21)10-16/h4-6,9-10,14,18H,7-8,11-12H2,1-3H3/t14-,18+/m1/s1. The van der Waals surface area contributed by atoms with Gasteiger partial charge >= 0.3 is 0 Å². The predicted octanol–water partition coefficient (Wildman–Crippen LogP) is 3.64. The summed E-state index contributed by atoms with van der Waals surface area (Å²) in [6.07, 6.45) is 1.84. The van der Waals surface area contributed by atoms with E-state index in [2.05, 4.69) is 23.9 Å². The Labute approximate surface area is 152 Å². The summed E-state index contributed by atoms with van der Waals surface area (Å²) in [6.45, 7) is 7.55. The second-order valence-electron chi connectivity index (χ2n) is 8.06. The maximum atomic E-state index is 13.8. The van der Waals surface area contributed by atoms with Crippen LogP contribution in [-0.2, 0) is 0 Å². The van der Waals surface area contributed by atoms with Crippen LogP contribution in [0.4, 0.5) is 10.1 Å². The molecular weight excluding hydrogens is 333 g/mol. The highest BCUT2D eigenvalue weighted by atomic mass is 19.1. The predicted molar refractivity (Wildman–Crippen MR) is 96.6 cm³/mol. The molecule has 2 aromatic rings. The highest BCUT2D eigenvalue weighted by molar-refractivity contribution is 5.92. The average Bonchev–Trinajstić information content (AvgIpc) is 3.12. The number of nitrogens with zero attached hydrogens (tertiary/aromatic N) is 3. The quantitative estimate of drug-likeness (QED) is 0.823. The number of amides is 1. The number of likely N-dealkylation sites (tertiary alicyclic amines) is 1. The number of hydrogen-bond acceptors (Lipinski definition) is 4. The summed E-state index contributed by atoms with van der Waals surface area (Å²) >= 11 is 0. The topological polar surface area (TPSA) is 49.6 Å². The molecule has 3 heterocycles. The van der Waals surface area contributed by atoms with E-state index in [1.54, 1.807) is 25.1 Å². The second kappa shape index (κ2) is 6.11. The number of carbonyl (C=O) groups excluding carboxylic acids is 1. The maximum absolute atomic E-state index is 13.8. The molecular formula is C20H24FN3O2. The SMILES string of the molecule is Cc1cc(C(=O)N2CC[C@H]3[C@@H](C2)CC(C)(C)N3c2cccc(F)c2)no1. The highest BCUT2D eigenvalue weighted by Gasteiger charge is 2.48. The van der Waals surface area contributed by atoms with Crippen molar-refractivity contribution >= 4 is 11.6 Å². The first-order chi connectivity index (χ1) is 12.3. The van der Waals surface area contributed by atoms with Crippen molar-refractivity contribution in [3.63, 3.8) is 0 Å². The molecule has 4 rings (SSSR count). The Morgan fingerprint density at radius 3 is 2.85 bits per heavy atom. The van der Waals surface area contributed by atoms with Crippen molar-refractivity contribution in [2.24, 2.45) is 5.92 Å². The molecule has 1 aromatic heterocycles. The van der Waals surface area contributed by atoms with Crippen molar-refractivity contribution in [2.75, 3.05) is 18.0 Å². The average molecular weight is 357 g/mol. The van der Waals surface area contributed by atoms with Gasteiger partial charge < -0.3 is 14.3 Å². The van der Waals surface area contributed by atoms with E-state index in [0.29, 0.717) is 36.5 Å². The van der Waals surface area contributed by atoms with Crippen molar-refractivity contribution in [1.29, 1.82) is 0 Å². The van der Waals surface area contributed by atoms with E-state index in [1.807, 2.05) is 11.0 Å². The summed E-state index contributed by atoms with van der Waals surface area (Å²) in [6, 6.07) is 8.83. The van der Waals surface area contributed by atoms with Crippen LogP contribution < -0.4 is 4.90 Å². The van der Waals surface area contributed by atoms with E-state index in [4.69, 9.17) is 4.52 Å². The van der Waals surface area contributed by atoms with Crippen LogP contribution in [0.15, 0.2) is 34.9 Å². The fourth-order valence-electron chi connectivity index (χ4n) is 4.73. The van der Waals surface area contributed by atoms with E-state index in [9.17, 15) is 9.18 Å².